The Hall–Kier alpha value is -2.77. The highest BCUT2D eigenvalue weighted by atomic mass is 79.9. The number of methoxy groups -OCH3 is 2. The number of allylic oxidation sites excluding steroid dienone is 3. The molecule has 1 unspecified atom stereocenters. The van der Waals surface area contributed by atoms with Crippen LogP contribution in [0, 0.1) is 0 Å². The normalized spacial score (nSPS) is 17.8. The molecule has 6 nitrogen and oxygen atoms in total. The molecule has 2 aromatic carbocycles. The predicted octanol–water partition coefficient (Wildman–Crippen LogP) is 5.83. The summed E-state index contributed by atoms with van der Waals surface area (Å²) >= 11 is 9.50. The number of ketones is 1. The van der Waals surface area contributed by atoms with Crippen LogP contribution >= 0.6 is 27.5 Å². The molecule has 0 saturated carbocycles. The van der Waals surface area contributed by atoms with Gasteiger partial charge in [0.15, 0.2) is 5.78 Å². The topological polar surface area (TPSA) is 73.9 Å². The van der Waals surface area contributed by atoms with Crippen LogP contribution in [0.3, 0.4) is 0 Å². The van der Waals surface area contributed by atoms with Crippen molar-refractivity contribution >= 4 is 39.3 Å². The van der Waals surface area contributed by atoms with Gasteiger partial charge in [-0.05, 0) is 71.6 Å². The van der Waals surface area contributed by atoms with E-state index < -0.39 is 11.9 Å². The third-order valence-corrected chi connectivity index (χ3v) is 6.95. The molecular formula is C26H25BrClNO5. The van der Waals surface area contributed by atoms with Crippen molar-refractivity contribution in [3.63, 3.8) is 0 Å². The van der Waals surface area contributed by atoms with Gasteiger partial charge in [-0.1, -0.05) is 17.7 Å². The highest BCUT2D eigenvalue weighted by molar-refractivity contribution is 9.10. The number of nitrogens with one attached hydrogen (secondary N) is 1. The number of esters is 1. The quantitative estimate of drug-likeness (QED) is 0.460. The van der Waals surface area contributed by atoms with E-state index in [1.54, 1.807) is 25.3 Å². The fourth-order valence-electron chi connectivity index (χ4n) is 4.54. The summed E-state index contributed by atoms with van der Waals surface area (Å²) in [5, 5.41) is 3.88. The molecule has 2 aromatic rings. The summed E-state index contributed by atoms with van der Waals surface area (Å²) in [6, 6.07) is 11.0. The first kappa shape index (κ1) is 24.4. The van der Waals surface area contributed by atoms with E-state index in [2.05, 4.69) is 21.2 Å². The fourth-order valence-corrected chi connectivity index (χ4v) is 5.33. The van der Waals surface area contributed by atoms with Crippen LogP contribution in [0.4, 0.5) is 0 Å². The minimum atomic E-state index is -0.525. The highest BCUT2D eigenvalue weighted by Gasteiger charge is 2.39. The van der Waals surface area contributed by atoms with Crippen molar-refractivity contribution < 1.29 is 23.8 Å². The first-order valence-corrected chi connectivity index (χ1v) is 12.1. The van der Waals surface area contributed by atoms with Gasteiger partial charge in [0, 0.05) is 39.9 Å². The summed E-state index contributed by atoms with van der Waals surface area (Å²) in [4.78, 5) is 25.8. The Labute approximate surface area is 212 Å². The molecule has 2 aliphatic rings. The van der Waals surface area contributed by atoms with E-state index in [4.69, 9.17) is 25.8 Å². The van der Waals surface area contributed by atoms with E-state index in [1.165, 1.54) is 7.11 Å². The standard InChI is InChI=1S/C26H25BrClNO5/c1-14-23(26(31)33-3)24(25-19(29-14)5-4-6-20(25)30)15-7-9-21(32-2)16(11-15)13-34-22-10-8-17(28)12-18(22)27/h7-12,24,29H,4-6,13H2,1-3H3. The minimum Gasteiger partial charge on any atom is -0.496 e. The van der Waals surface area contributed by atoms with Gasteiger partial charge in [0.25, 0.3) is 0 Å². The zero-order valence-corrected chi connectivity index (χ0v) is 21.5. The highest BCUT2D eigenvalue weighted by Crippen LogP contribution is 2.43. The Morgan fingerprint density at radius 2 is 1.91 bits per heavy atom. The van der Waals surface area contributed by atoms with Crippen molar-refractivity contribution in [3.05, 3.63) is 79.6 Å². The average molecular weight is 547 g/mol. The van der Waals surface area contributed by atoms with Crippen molar-refractivity contribution in [1.29, 1.82) is 0 Å². The van der Waals surface area contributed by atoms with Crippen molar-refractivity contribution in [2.75, 3.05) is 14.2 Å². The smallest absolute Gasteiger partial charge is 0.336 e. The molecule has 1 heterocycles. The molecule has 4 rings (SSSR count). The lowest BCUT2D eigenvalue weighted by molar-refractivity contribution is -0.136. The molecule has 34 heavy (non-hydrogen) atoms. The van der Waals surface area contributed by atoms with Gasteiger partial charge in [0.2, 0.25) is 0 Å². The number of hydrogen-bond acceptors (Lipinski definition) is 6. The zero-order valence-electron chi connectivity index (χ0n) is 19.2. The molecule has 1 N–H and O–H groups in total. The molecule has 0 aromatic heterocycles. The third kappa shape index (κ3) is 4.72. The van der Waals surface area contributed by atoms with E-state index in [-0.39, 0.29) is 12.4 Å². The van der Waals surface area contributed by atoms with Crippen LogP contribution in [-0.4, -0.2) is 26.0 Å². The summed E-state index contributed by atoms with van der Waals surface area (Å²) in [5.74, 6) is 0.345. The second kappa shape index (κ2) is 10.2. The first-order chi connectivity index (χ1) is 16.3. The number of carbonyl (C=O) groups is 2. The summed E-state index contributed by atoms with van der Waals surface area (Å²) in [7, 11) is 2.94. The van der Waals surface area contributed by atoms with E-state index in [0.717, 1.165) is 34.1 Å². The van der Waals surface area contributed by atoms with Gasteiger partial charge < -0.3 is 19.5 Å². The number of Topliss-reactive ketones (excluding diaryl/α,β-unsaturated/α-hetero) is 1. The SMILES string of the molecule is COC(=O)C1=C(C)NC2=C(C(=O)CCC2)C1c1ccc(OC)c(COc2ccc(Cl)cc2Br)c1. The molecule has 1 aliphatic carbocycles. The van der Waals surface area contributed by atoms with Crippen LogP contribution in [0.15, 0.2) is 63.4 Å². The van der Waals surface area contributed by atoms with Crippen molar-refractivity contribution in [2.24, 2.45) is 0 Å². The Morgan fingerprint density at radius 1 is 1.15 bits per heavy atom. The number of benzene rings is 2. The number of dihydropyridines is 1. The molecule has 0 bridgehead atoms. The Bertz CT molecular complexity index is 1220. The summed E-state index contributed by atoms with van der Waals surface area (Å²) in [6.45, 7) is 2.06. The van der Waals surface area contributed by atoms with Gasteiger partial charge in [-0.25, -0.2) is 4.79 Å². The maximum Gasteiger partial charge on any atom is 0.336 e. The van der Waals surface area contributed by atoms with Gasteiger partial charge in [-0.15, -0.1) is 0 Å². The van der Waals surface area contributed by atoms with Crippen LogP contribution < -0.4 is 14.8 Å². The van der Waals surface area contributed by atoms with Gasteiger partial charge in [-0.3, -0.25) is 4.79 Å². The maximum absolute atomic E-state index is 13.0. The lowest BCUT2D eigenvalue weighted by Crippen LogP contribution is -2.34. The Morgan fingerprint density at radius 3 is 2.62 bits per heavy atom. The van der Waals surface area contributed by atoms with Gasteiger partial charge in [-0.2, -0.15) is 0 Å². The van der Waals surface area contributed by atoms with Crippen molar-refractivity contribution in [1.82, 2.24) is 5.32 Å². The van der Waals surface area contributed by atoms with E-state index in [9.17, 15) is 9.59 Å². The third-order valence-electron chi connectivity index (χ3n) is 6.10. The number of carbonyl (C=O) groups excluding carboxylic acids is 2. The maximum atomic E-state index is 13.0. The van der Waals surface area contributed by atoms with Gasteiger partial charge in [0.05, 0.1) is 24.3 Å². The first-order valence-electron chi connectivity index (χ1n) is 10.9. The zero-order chi connectivity index (χ0) is 24.4. The van der Waals surface area contributed by atoms with Crippen LogP contribution in [-0.2, 0) is 20.9 Å². The number of halogens is 2. The molecule has 178 valence electrons. The van der Waals surface area contributed by atoms with Crippen LogP contribution in [0.2, 0.25) is 5.02 Å². The number of ether oxygens (including phenoxy) is 3. The molecule has 1 atom stereocenters. The van der Waals surface area contributed by atoms with E-state index >= 15 is 0 Å². The Balaban J connectivity index is 1.76. The summed E-state index contributed by atoms with van der Waals surface area (Å²) < 4.78 is 17.4. The van der Waals surface area contributed by atoms with Crippen molar-refractivity contribution in [3.8, 4) is 11.5 Å². The largest absolute Gasteiger partial charge is 0.496 e. The van der Waals surface area contributed by atoms with Crippen LogP contribution in [0.5, 0.6) is 11.5 Å². The van der Waals surface area contributed by atoms with Crippen LogP contribution in [0.1, 0.15) is 43.2 Å². The summed E-state index contributed by atoms with van der Waals surface area (Å²) in [6.07, 6.45) is 2.01. The lowest BCUT2D eigenvalue weighted by atomic mass is 9.75. The monoisotopic (exact) mass is 545 g/mol. The molecule has 0 spiro atoms. The fraction of sp³-hybridized carbons (Fsp3) is 0.308. The molecular weight excluding hydrogens is 522 g/mol. The van der Waals surface area contributed by atoms with E-state index in [1.807, 2.05) is 25.1 Å². The van der Waals surface area contributed by atoms with Crippen molar-refractivity contribution in [2.45, 2.75) is 38.7 Å². The molecule has 8 heteroatoms. The number of hydrogen-bond donors (Lipinski definition) is 1. The van der Waals surface area contributed by atoms with Gasteiger partial charge in [0.1, 0.15) is 18.1 Å². The van der Waals surface area contributed by atoms with E-state index in [0.29, 0.717) is 39.8 Å². The molecule has 0 saturated heterocycles. The molecule has 0 amide bonds. The average Bonchev–Trinajstić information content (AvgIpc) is 2.82. The minimum absolute atomic E-state index is 0.0476. The second-order valence-corrected chi connectivity index (χ2v) is 9.48. The van der Waals surface area contributed by atoms with Gasteiger partial charge >= 0.3 is 5.97 Å². The molecule has 0 fully saturated rings. The molecule has 1 aliphatic heterocycles. The lowest BCUT2D eigenvalue weighted by Gasteiger charge is -2.34. The Kier molecular flexibility index (Phi) is 7.33. The predicted molar refractivity (Wildman–Crippen MR) is 133 cm³/mol. The van der Waals surface area contributed by atoms with Crippen LogP contribution in [0.25, 0.3) is 0 Å². The number of rotatable bonds is 6. The molecule has 0 radical (unpaired) electrons. The second-order valence-electron chi connectivity index (χ2n) is 8.19. The summed E-state index contributed by atoms with van der Waals surface area (Å²) in [5.41, 5.74) is 4.24.